The number of hydrogen-bond donors (Lipinski definition) is 3. The average Bonchev–Trinajstić information content (AvgIpc) is 2.23. The van der Waals surface area contributed by atoms with Crippen molar-refractivity contribution in [3.05, 3.63) is 34.6 Å². The zero-order valence-corrected chi connectivity index (χ0v) is 7.14. The van der Waals surface area contributed by atoms with Crippen molar-refractivity contribution in [3.63, 3.8) is 0 Å². The first kappa shape index (κ1) is 8.52. The van der Waals surface area contributed by atoms with Crippen LogP contribution >= 0.6 is 0 Å². The van der Waals surface area contributed by atoms with E-state index in [4.69, 9.17) is 5.84 Å². The minimum atomic E-state index is -0.552. The lowest BCUT2D eigenvalue weighted by atomic mass is 10.2. The van der Waals surface area contributed by atoms with Gasteiger partial charge in [0.15, 0.2) is 0 Å². The number of benzene rings is 1. The van der Waals surface area contributed by atoms with Gasteiger partial charge < -0.3 is 5.21 Å². The van der Waals surface area contributed by atoms with Crippen LogP contribution in [0.4, 0.5) is 5.95 Å². The predicted molar refractivity (Wildman–Crippen MR) is 51.0 cm³/mol. The van der Waals surface area contributed by atoms with E-state index in [1.54, 1.807) is 24.3 Å². The zero-order chi connectivity index (χ0) is 10.1. The van der Waals surface area contributed by atoms with E-state index in [1.807, 2.05) is 0 Å². The van der Waals surface area contributed by atoms with Crippen LogP contribution in [0.1, 0.15) is 0 Å². The van der Waals surface area contributed by atoms with E-state index in [0.717, 1.165) is 0 Å². The summed E-state index contributed by atoms with van der Waals surface area (Å²) >= 11 is 0. The van der Waals surface area contributed by atoms with Gasteiger partial charge in [-0.05, 0) is 12.1 Å². The van der Waals surface area contributed by atoms with Crippen molar-refractivity contribution in [1.29, 1.82) is 0 Å². The van der Waals surface area contributed by atoms with Crippen LogP contribution in [0.2, 0.25) is 0 Å². The highest BCUT2D eigenvalue weighted by Gasteiger charge is 2.07. The Morgan fingerprint density at radius 2 is 2.14 bits per heavy atom. The highest BCUT2D eigenvalue weighted by molar-refractivity contribution is 5.78. The number of nitrogens with two attached hydrogens (primary N) is 1. The Kier molecular flexibility index (Phi) is 1.83. The summed E-state index contributed by atoms with van der Waals surface area (Å²) in [6, 6.07) is 6.69. The standard InChI is InChI=1S/C8H8N4O2/c9-11-8-10-6-4-2-1-3-5(6)7(13)12(8)14/h1-4,14H,9H2,(H,10,11). The Hall–Kier alpha value is -2.08. The fraction of sp³-hybridized carbons (Fsp3) is 0. The molecule has 6 heteroatoms. The number of fused-ring (bicyclic) bond motifs is 1. The Labute approximate surface area is 78.5 Å². The Balaban J connectivity index is 2.92. The molecule has 0 unspecified atom stereocenters. The number of hydrazine groups is 1. The molecule has 1 heterocycles. The van der Waals surface area contributed by atoms with Crippen LogP contribution in [0.3, 0.4) is 0 Å². The molecule has 0 spiro atoms. The molecule has 0 aliphatic heterocycles. The monoisotopic (exact) mass is 192 g/mol. The van der Waals surface area contributed by atoms with E-state index in [9.17, 15) is 10.0 Å². The molecule has 0 saturated carbocycles. The van der Waals surface area contributed by atoms with Crippen molar-refractivity contribution in [1.82, 2.24) is 9.71 Å². The summed E-state index contributed by atoms with van der Waals surface area (Å²) in [5, 5.41) is 9.64. The van der Waals surface area contributed by atoms with E-state index < -0.39 is 5.56 Å². The molecule has 0 aliphatic carbocycles. The number of nitrogen functional groups attached to an aromatic ring is 1. The van der Waals surface area contributed by atoms with Gasteiger partial charge in [0.25, 0.3) is 11.5 Å². The summed E-state index contributed by atoms with van der Waals surface area (Å²) < 4.78 is 0.377. The molecule has 0 aliphatic rings. The van der Waals surface area contributed by atoms with Crippen LogP contribution < -0.4 is 16.8 Å². The first-order valence-corrected chi connectivity index (χ1v) is 3.91. The van der Waals surface area contributed by atoms with Gasteiger partial charge in [0.1, 0.15) is 0 Å². The minimum Gasteiger partial charge on any atom is -0.422 e. The molecule has 6 nitrogen and oxygen atoms in total. The lowest BCUT2D eigenvalue weighted by Gasteiger charge is -2.05. The quantitative estimate of drug-likeness (QED) is 0.334. The smallest absolute Gasteiger partial charge is 0.295 e. The maximum absolute atomic E-state index is 11.5. The second-order valence-corrected chi connectivity index (χ2v) is 2.71. The normalized spacial score (nSPS) is 10.4. The number of anilines is 1. The van der Waals surface area contributed by atoms with Crippen molar-refractivity contribution in [3.8, 4) is 0 Å². The molecule has 4 N–H and O–H groups in total. The maximum Gasteiger partial charge on any atom is 0.295 e. The first-order valence-electron chi connectivity index (χ1n) is 3.91. The molecule has 2 aromatic rings. The molecule has 0 saturated heterocycles. The fourth-order valence-electron chi connectivity index (χ4n) is 1.22. The molecule has 14 heavy (non-hydrogen) atoms. The van der Waals surface area contributed by atoms with E-state index in [0.29, 0.717) is 15.6 Å². The molecule has 1 aromatic carbocycles. The summed E-state index contributed by atoms with van der Waals surface area (Å²) in [6.07, 6.45) is 0. The number of hydrogen-bond acceptors (Lipinski definition) is 5. The summed E-state index contributed by atoms with van der Waals surface area (Å²) in [7, 11) is 0. The highest BCUT2D eigenvalue weighted by Crippen LogP contribution is 2.08. The van der Waals surface area contributed by atoms with E-state index in [2.05, 4.69) is 10.4 Å². The second-order valence-electron chi connectivity index (χ2n) is 2.71. The van der Waals surface area contributed by atoms with Gasteiger partial charge >= 0.3 is 0 Å². The third-order valence-corrected chi connectivity index (χ3v) is 1.88. The van der Waals surface area contributed by atoms with Gasteiger partial charge in [0.2, 0.25) is 0 Å². The van der Waals surface area contributed by atoms with Gasteiger partial charge in [0, 0.05) is 0 Å². The van der Waals surface area contributed by atoms with Crippen LogP contribution in [0.15, 0.2) is 29.1 Å². The lowest BCUT2D eigenvalue weighted by molar-refractivity contribution is 0.179. The molecule has 0 amide bonds. The summed E-state index contributed by atoms with van der Waals surface area (Å²) in [4.78, 5) is 15.4. The molecule has 0 bridgehead atoms. The molecule has 0 fully saturated rings. The van der Waals surface area contributed by atoms with Crippen LogP contribution in [0.25, 0.3) is 10.9 Å². The van der Waals surface area contributed by atoms with E-state index >= 15 is 0 Å². The van der Waals surface area contributed by atoms with Crippen LogP contribution in [0.5, 0.6) is 0 Å². The topological polar surface area (TPSA) is 93.2 Å². The van der Waals surface area contributed by atoms with Gasteiger partial charge in [-0.1, -0.05) is 12.1 Å². The summed E-state index contributed by atoms with van der Waals surface area (Å²) in [6.45, 7) is 0. The molecular weight excluding hydrogens is 184 g/mol. The van der Waals surface area contributed by atoms with Crippen molar-refractivity contribution < 1.29 is 5.21 Å². The van der Waals surface area contributed by atoms with Gasteiger partial charge in [-0.15, -0.1) is 4.73 Å². The average molecular weight is 192 g/mol. The third kappa shape index (κ3) is 1.09. The van der Waals surface area contributed by atoms with Crippen LogP contribution in [0, 0.1) is 0 Å². The number of nitrogens with zero attached hydrogens (tertiary/aromatic N) is 2. The summed E-state index contributed by atoms with van der Waals surface area (Å²) in [5.74, 6) is 4.99. The van der Waals surface area contributed by atoms with Crippen molar-refractivity contribution in [2.75, 3.05) is 5.43 Å². The first-order chi connectivity index (χ1) is 6.74. The maximum atomic E-state index is 11.5. The van der Waals surface area contributed by atoms with Gasteiger partial charge in [-0.2, -0.15) is 0 Å². The number of rotatable bonds is 1. The molecule has 2 rings (SSSR count). The zero-order valence-electron chi connectivity index (χ0n) is 7.14. The van der Waals surface area contributed by atoms with Crippen molar-refractivity contribution in [2.45, 2.75) is 0 Å². The van der Waals surface area contributed by atoms with Gasteiger partial charge in [-0.3, -0.25) is 10.2 Å². The fourth-order valence-corrected chi connectivity index (χ4v) is 1.22. The summed E-state index contributed by atoms with van der Waals surface area (Å²) in [5.41, 5.74) is 2.06. The SMILES string of the molecule is NNc1nc2ccccc2c(=O)n1O. The Bertz CT molecular complexity index is 534. The number of nitrogens with one attached hydrogen (secondary N) is 1. The molecule has 0 atom stereocenters. The molecular formula is C8H8N4O2. The Morgan fingerprint density at radius 3 is 2.86 bits per heavy atom. The van der Waals surface area contributed by atoms with Crippen molar-refractivity contribution in [2.24, 2.45) is 5.84 Å². The number of aromatic nitrogens is 2. The third-order valence-electron chi connectivity index (χ3n) is 1.88. The van der Waals surface area contributed by atoms with E-state index in [1.165, 1.54) is 0 Å². The van der Waals surface area contributed by atoms with Gasteiger partial charge in [-0.25, -0.2) is 10.8 Å². The number of para-hydroxylation sites is 1. The van der Waals surface area contributed by atoms with E-state index in [-0.39, 0.29) is 5.95 Å². The predicted octanol–water partition coefficient (Wildman–Crippen LogP) is -0.0806. The van der Waals surface area contributed by atoms with Crippen LogP contribution in [-0.2, 0) is 0 Å². The van der Waals surface area contributed by atoms with Crippen LogP contribution in [-0.4, -0.2) is 14.9 Å². The molecule has 72 valence electrons. The van der Waals surface area contributed by atoms with Gasteiger partial charge in [0.05, 0.1) is 10.9 Å². The van der Waals surface area contributed by atoms with Crippen molar-refractivity contribution >= 4 is 16.9 Å². The molecule has 0 radical (unpaired) electrons. The lowest BCUT2D eigenvalue weighted by Crippen LogP contribution is -2.25. The largest absolute Gasteiger partial charge is 0.422 e. The second kappa shape index (κ2) is 3.00. The minimum absolute atomic E-state index is 0.0892. The highest BCUT2D eigenvalue weighted by atomic mass is 16.5. The molecule has 1 aromatic heterocycles. The Morgan fingerprint density at radius 1 is 1.43 bits per heavy atom.